The topological polar surface area (TPSA) is 69.9 Å². The molecule has 6 heteroatoms. The molecule has 0 saturated carbocycles. The van der Waals surface area contributed by atoms with Crippen molar-refractivity contribution in [1.82, 2.24) is 14.8 Å². The highest BCUT2D eigenvalue weighted by Crippen LogP contribution is 2.29. The van der Waals surface area contributed by atoms with Gasteiger partial charge in [-0.2, -0.15) is 0 Å². The Bertz CT molecular complexity index is 884. The van der Waals surface area contributed by atoms with E-state index in [2.05, 4.69) is 45.2 Å². The molecule has 0 radical (unpaired) electrons. The molecular weight excluding hydrogens is 340 g/mol. The lowest BCUT2D eigenvalue weighted by atomic mass is 9.91. The highest BCUT2D eigenvalue weighted by molar-refractivity contribution is 6.05. The van der Waals surface area contributed by atoms with E-state index in [9.17, 15) is 9.90 Å². The molecule has 2 aliphatic heterocycles. The van der Waals surface area contributed by atoms with E-state index < -0.39 is 11.4 Å². The zero-order chi connectivity index (χ0) is 19.0. The van der Waals surface area contributed by atoms with E-state index in [0.29, 0.717) is 6.54 Å². The Morgan fingerprint density at radius 1 is 1.30 bits per heavy atom. The van der Waals surface area contributed by atoms with Crippen molar-refractivity contribution in [2.75, 3.05) is 26.2 Å². The number of fused-ring (bicyclic) bond motifs is 2. The van der Waals surface area contributed by atoms with E-state index in [-0.39, 0.29) is 6.04 Å². The van der Waals surface area contributed by atoms with Gasteiger partial charge in [0.15, 0.2) is 0 Å². The van der Waals surface area contributed by atoms with Crippen LogP contribution < -0.4 is 5.32 Å². The molecule has 2 aliphatic rings. The van der Waals surface area contributed by atoms with Gasteiger partial charge in [0, 0.05) is 38.9 Å². The smallest absolute Gasteiger partial charge is 0.310 e. The largest absolute Gasteiger partial charge is 0.481 e. The summed E-state index contributed by atoms with van der Waals surface area (Å²) in [7, 11) is 0. The molecule has 6 nitrogen and oxygen atoms in total. The van der Waals surface area contributed by atoms with Crippen LogP contribution in [0.15, 0.2) is 47.6 Å². The number of carboxylic acids is 1. The van der Waals surface area contributed by atoms with Crippen molar-refractivity contribution in [1.29, 1.82) is 0 Å². The number of nitrogens with zero attached hydrogens (tertiary/aromatic N) is 3. The molecular formula is C21H26N4O2. The van der Waals surface area contributed by atoms with E-state index in [1.54, 1.807) is 13.8 Å². The van der Waals surface area contributed by atoms with Gasteiger partial charge in [-0.25, -0.2) is 4.99 Å². The molecule has 1 aromatic carbocycles. The molecule has 1 atom stereocenters. The maximum absolute atomic E-state index is 11.7. The SMILES string of the molecule is CC(C)(CN1CCNCC1C1=Nc2ccccc2Cn2cccc21)C(=O)O. The number of hydrogen-bond donors (Lipinski definition) is 2. The average Bonchev–Trinajstić information content (AvgIpc) is 3.03. The number of piperazine rings is 1. The third-order valence-electron chi connectivity index (χ3n) is 5.51. The minimum absolute atomic E-state index is 0.0391. The highest BCUT2D eigenvalue weighted by Gasteiger charge is 2.36. The number of carboxylic acid groups (broad SMARTS) is 1. The quantitative estimate of drug-likeness (QED) is 0.872. The van der Waals surface area contributed by atoms with E-state index in [1.165, 1.54) is 5.56 Å². The lowest BCUT2D eigenvalue weighted by Crippen LogP contribution is -2.58. The molecule has 1 unspecified atom stereocenters. The number of aromatic nitrogens is 1. The molecule has 27 heavy (non-hydrogen) atoms. The summed E-state index contributed by atoms with van der Waals surface area (Å²) in [6, 6.07) is 12.5. The molecule has 1 fully saturated rings. The zero-order valence-electron chi connectivity index (χ0n) is 15.9. The normalized spacial score (nSPS) is 20.4. The Morgan fingerprint density at radius 2 is 2.11 bits per heavy atom. The third kappa shape index (κ3) is 3.42. The average molecular weight is 366 g/mol. The summed E-state index contributed by atoms with van der Waals surface area (Å²) < 4.78 is 2.24. The van der Waals surface area contributed by atoms with Crippen LogP contribution in [-0.2, 0) is 11.3 Å². The fourth-order valence-corrected chi connectivity index (χ4v) is 3.93. The predicted octanol–water partition coefficient (Wildman–Crippen LogP) is 2.36. The Balaban J connectivity index is 1.75. The number of carbonyl (C=O) groups is 1. The van der Waals surface area contributed by atoms with E-state index in [1.807, 2.05) is 12.1 Å². The van der Waals surface area contributed by atoms with Crippen LogP contribution in [0.5, 0.6) is 0 Å². The molecule has 1 saturated heterocycles. The van der Waals surface area contributed by atoms with Gasteiger partial charge in [-0.3, -0.25) is 9.69 Å². The van der Waals surface area contributed by atoms with Crippen LogP contribution >= 0.6 is 0 Å². The van der Waals surface area contributed by atoms with Crippen molar-refractivity contribution in [3.8, 4) is 0 Å². The number of aliphatic carboxylic acids is 1. The number of rotatable bonds is 4. The number of para-hydroxylation sites is 1. The summed E-state index contributed by atoms with van der Waals surface area (Å²) in [5, 5.41) is 13.1. The van der Waals surface area contributed by atoms with Gasteiger partial charge in [0.1, 0.15) is 0 Å². The van der Waals surface area contributed by atoms with Crippen LogP contribution in [0.3, 0.4) is 0 Å². The van der Waals surface area contributed by atoms with Crippen molar-refractivity contribution in [3.63, 3.8) is 0 Å². The Hall–Kier alpha value is -2.44. The van der Waals surface area contributed by atoms with Crippen LogP contribution in [0, 0.1) is 5.41 Å². The van der Waals surface area contributed by atoms with Gasteiger partial charge in [0.25, 0.3) is 0 Å². The Kier molecular flexibility index (Phi) is 4.61. The summed E-state index contributed by atoms with van der Waals surface area (Å²) in [6.45, 7) is 7.31. The van der Waals surface area contributed by atoms with Crippen molar-refractivity contribution in [2.45, 2.75) is 26.4 Å². The van der Waals surface area contributed by atoms with Crippen molar-refractivity contribution in [3.05, 3.63) is 53.9 Å². The number of hydrogen-bond acceptors (Lipinski definition) is 4. The molecule has 0 amide bonds. The number of nitrogens with one attached hydrogen (secondary N) is 1. The van der Waals surface area contributed by atoms with Crippen molar-refractivity contribution in [2.24, 2.45) is 10.4 Å². The van der Waals surface area contributed by atoms with Gasteiger partial charge < -0.3 is 15.0 Å². The van der Waals surface area contributed by atoms with Crippen molar-refractivity contribution < 1.29 is 9.90 Å². The first-order valence-corrected chi connectivity index (χ1v) is 9.46. The third-order valence-corrected chi connectivity index (χ3v) is 5.51. The zero-order valence-corrected chi connectivity index (χ0v) is 15.9. The maximum atomic E-state index is 11.7. The van der Waals surface area contributed by atoms with Gasteiger partial charge in [0.05, 0.1) is 28.5 Å². The lowest BCUT2D eigenvalue weighted by Gasteiger charge is -2.40. The second-order valence-electron chi connectivity index (χ2n) is 8.03. The first-order valence-electron chi connectivity index (χ1n) is 9.46. The molecule has 2 aromatic rings. The van der Waals surface area contributed by atoms with Gasteiger partial charge in [0.2, 0.25) is 0 Å². The predicted molar refractivity (Wildman–Crippen MR) is 106 cm³/mol. The fraction of sp³-hybridized carbons (Fsp3) is 0.429. The molecule has 142 valence electrons. The number of benzene rings is 1. The minimum atomic E-state index is -0.805. The first-order chi connectivity index (χ1) is 13.0. The summed E-state index contributed by atoms with van der Waals surface area (Å²) in [5.41, 5.74) is 3.52. The van der Waals surface area contributed by atoms with Gasteiger partial charge in [-0.1, -0.05) is 18.2 Å². The van der Waals surface area contributed by atoms with Crippen LogP contribution in [0.2, 0.25) is 0 Å². The summed E-state index contributed by atoms with van der Waals surface area (Å²) in [5.74, 6) is -0.767. The second-order valence-corrected chi connectivity index (χ2v) is 8.03. The molecule has 0 aliphatic carbocycles. The standard InChI is InChI=1S/C21H26N4O2/c1-21(2,20(26)27)14-25-11-9-22-12-18(25)19-17-8-5-10-24(17)13-15-6-3-4-7-16(15)23-19/h3-8,10,18,22H,9,11-14H2,1-2H3,(H,26,27). The molecule has 0 bridgehead atoms. The van der Waals surface area contributed by atoms with Crippen LogP contribution in [0.4, 0.5) is 5.69 Å². The summed E-state index contributed by atoms with van der Waals surface area (Å²) in [4.78, 5) is 19.0. The maximum Gasteiger partial charge on any atom is 0.310 e. The number of aliphatic imine (C=N–C) groups is 1. The minimum Gasteiger partial charge on any atom is -0.481 e. The van der Waals surface area contributed by atoms with E-state index >= 15 is 0 Å². The van der Waals surface area contributed by atoms with Gasteiger partial charge in [-0.05, 0) is 37.6 Å². The molecule has 1 aromatic heterocycles. The highest BCUT2D eigenvalue weighted by atomic mass is 16.4. The van der Waals surface area contributed by atoms with Gasteiger partial charge in [-0.15, -0.1) is 0 Å². The molecule has 0 spiro atoms. The molecule has 4 rings (SSSR count). The van der Waals surface area contributed by atoms with Crippen LogP contribution in [0.1, 0.15) is 25.1 Å². The van der Waals surface area contributed by atoms with Crippen LogP contribution in [-0.4, -0.2) is 58.5 Å². The van der Waals surface area contributed by atoms with E-state index in [0.717, 1.165) is 43.3 Å². The monoisotopic (exact) mass is 366 g/mol. The van der Waals surface area contributed by atoms with E-state index in [4.69, 9.17) is 4.99 Å². The first kappa shape index (κ1) is 17.9. The van der Waals surface area contributed by atoms with Crippen molar-refractivity contribution >= 4 is 17.4 Å². The Morgan fingerprint density at radius 3 is 2.93 bits per heavy atom. The second kappa shape index (κ2) is 6.94. The summed E-state index contributed by atoms with van der Waals surface area (Å²) in [6.07, 6.45) is 2.09. The summed E-state index contributed by atoms with van der Waals surface area (Å²) >= 11 is 0. The molecule has 2 N–H and O–H groups in total. The van der Waals surface area contributed by atoms with Crippen LogP contribution in [0.25, 0.3) is 0 Å². The van der Waals surface area contributed by atoms with Gasteiger partial charge >= 0.3 is 5.97 Å². The lowest BCUT2D eigenvalue weighted by molar-refractivity contribution is -0.148. The molecule has 3 heterocycles. The fourth-order valence-electron chi connectivity index (χ4n) is 3.93. The Labute approximate surface area is 159 Å².